The van der Waals surface area contributed by atoms with Gasteiger partial charge in [-0.2, -0.15) is 0 Å². The van der Waals surface area contributed by atoms with Crippen molar-refractivity contribution in [3.05, 3.63) is 24.2 Å². The van der Waals surface area contributed by atoms with Crippen LogP contribution < -0.4 is 16.0 Å². The molecule has 7 nitrogen and oxygen atoms in total. The van der Waals surface area contributed by atoms with Gasteiger partial charge in [-0.3, -0.25) is 14.7 Å². The summed E-state index contributed by atoms with van der Waals surface area (Å²) in [6, 6.07) is 4.92. The van der Waals surface area contributed by atoms with Crippen molar-refractivity contribution in [1.29, 1.82) is 0 Å². The minimum absolute atomic E-state index is 0.145. The minimum Gasteiger partial charge on any atom is -0.469 e. The molecule has 1 aliphatic heterocycles. The van der Waals surface area contributed by atoms with Crippen molar-refractivity contribution in [2.75, 3.05) is 32.7 Å². The third-order valence-electron chi connectivity index (χ3n) is 7.14. The molecule has 2 saturated carbocycles. The number of nitrogens with one attached hydrogen (secondary N) is 3. The van der Waals surface area contributed by atoms with Gasteiger partial charge in [0.25, 0.3) is 0 Å². The van der Waals surface area contributed by atoms with Crippen LogP contribution in [0.25, 0.3) is 0 Å². The number of hydrogen-bond acceptors (Lipinski definition) is 4. The summed E-state index contributed by atoms with van der Waals surface area (Å²) in [6.45, 7) is 5.98. The molecule has 3 atom stereocenters. The van der Waals surface area contributed by atoms with Crippen LogP contribution in [0.15, 0.2) is 27.8 Å². The maximum Gasteiger partial charge on any atom is 0.234 e. The molecule has 31 heavy (non-hydrogen) atoms. The van der Waals surface area contributed by atoms with Gasteiger partial charge in [-0.15, -0.1) is 0 Å². The predicted octanol–water partition coefficient (Wildman–Crippen LogP) is 2.54. The van der Waals surface area contributed by atoms with Crippen LogP contribution in [0.3, 0.4) is 0 Å². The lowest BCUT2D eigenvalue weighted by Gasteiger charge is -2.34. The van der Waals surface area contributed by atoms with Crippen LogP contribution in [0.5, 0.6) is 0 Å². The summed E-state index contributed by atoms with van der Waals surface area (Å²) in [4.78, 5) is 19.2. The van der Waals surface area contributed by atoms with Gasteiger partial charge in [-0.25, -0.2) is 0 Å². The van der Waals surface area contributed by atoms with E-state index in [4.69, 9.17) is 9.41 Å². The highest BCUT2D eigenvalue weighted by Crippen LogP contribution is 2.44. The number of hydrogen-bond donors (Lipinski definition) is 3. The molecule has 0 spiro atoms. The Morgan fingerprint density at radius 1 is 1.19 bits per heavy atom. The summed E-state index contributed by atoms with van der Waals surface area (Å²) in [5, 5.41) is 10.5. The van der Waals surface area contributed by atoms with Crippen molar-refractivity contribution >= 4 is 11.9 Å². The zero-order chi connectivity index (χ0) is 21.5. The van der Waals surface area contributed by atoms with Crippen molar-refractivity contribution < 1.29 is 9.21 Å². The molecule has 1 aromatic heterocycles. The number of guanidine groups is 1. The van der Waals surface area contributed by atoms with Gasteiger partial charge < -0.3 is 20.4 Å². The summed E-state index contributed by atoms with van der Waals surface area (Å²) < 4.78 is 5.46. The molecular formula is C24H39N5O2. The first-order valence-corrected chi connectivity index (χ1v) is 12.3. The number of piperidine rings is 1. The smallest absolute Gasteiger partial charge is 0.234 e. The van der Waals surface area contributed by atoms with Crippen LogP contribution in [0.2, 0.25) is 0 Å². The number of nitrogens with zero attached hydrogens (tertiary/aromatic N) is 2. The van der Waals surface area contributed by atoms with E-state index in [1.807, 2.05) is 12.1 Å². The number of amides is 1. The fourth-order valence-corrected chi connectivity index (χ4v) is 5.41. The van der Waals surface area contributed by atoms with Gasteiger partial charge in [-0.05, 0) is 62.5 Å². The lowest BCUT2D eigenvalue weighted by molar-refractivity contribution is -0.122. The average Bonchev–Trinajstić information content (AvgIpc) is 3.52. The van der Waals surface area contributed by atoms with E-state index in [-0.39, 0.29) is 5.91 Å². The van der Waals surface area contributed by atoms with Crippen LogP contribution in [0.1, 0.15) is 57.6 Å². The molecule has 1 amide bonds. The van der Waals surface area contributed by atoms with E-state index in [1.165, 1.54) is 25.7 Å². The average molecular weight is 430 g/mol. The molecule has 3 N–H and O–H groups in total. The summed E-state index contributed by atoms with van der Waals surface area (Å²) >= 11 is 0. The van der Waals surface area contributed by atoms with Crippen LogP contribution in [0.4, 0.5) is 0 Å². The highest BCUT2D eigenvalue weighted by molar-refractivity contribution is 5.80. The SMILES string of the molecule is CCCNC(=O)CN1CCC(NC(=NCCc2ccco2)NC2CC3CCC2C3)CC1. The van der Waals surface area contributed by atoms with E-state index in [2.05, 4.69) is 27.8 Å². The van der Waals surface area contributed by atoms with E-state index < -0.39 is 0 Å². The molecule has 3 fully saturated rings. The number of likely N-dealkylation sites (tertiary alicyclic amines) is 1. The van der Waals surface area contributed by atoms with Crippen molar-refractivity contribution in [2.45, 2.75) is 70.4 Å². The molecule has 0 radical (unpaired) electrons. The summed E-state index contributed by atoms with van der Waals surface area (Å²) in [5.41, 5.74) is 0. The van der Waals surface area contributed by atoms with E-state index in [0.717, 1.165) is 75.4 Å². The van der Waals surface area contributed by atoms with Gasteiger partial charge in [0, 0.05) is 44.7 Å². The first-order valence-electron chi connectivity index (χ1n) is 12.3. The minimum atomic E-state index is 0.145. The third kappa shape index (κ3) is 6.48. The zero-order valence-electron chi connectivity index (χ0n) is 18.9. The van der Waals surface area contributed by atoms with Crippen LogP contribution in [-0.2, 0) is 11.2 Å². The van der Waals surface area contributed by atoms with Crippen LogP contribution >= 0.6 is 0 Å². The summed E-state index contributed by atoms with van der Waals surface area (Å²) in [5.74, 6) is 3.81. The largest absolute Gasteiger partial charge is 0.469 e. The zero-order valence-corrected chi connectivity index (χ0v) is 18.9. The van der Waals surface area contributed by atoms with Gasteiger partial charge >= 0.3 is 0 Å². The van der Waals surface area contributed by atoms with E-state index in [9.17, 15) is 4.79 Å². The Morgan fingerprint density at radius 2 is 2.06 bits per heavy atom. The molecule has 2 bridgehead atoms. The molecule has 2 aliphatic carbocycles. The van der Waals surface area contributed by atoms with Crippen LogP contribution in [-0.4, -0.2) is 61.6 Å². The predicted molar refractivity (Wildman–Crippen MR) is 123 cm³/mol. The third-order valence-corrected chi connectivity index (χ3v) is 7.14. The summed E-state index contributed by atoms with van der Waals surface area (Å²) in [7, 11) is 0. The van der Waals surface area contributed by atoms with Gasteiger partial charge in [0.15, 0.2) is 5.96 Å². The first-order chi connectivity index (χ1) is 15.2. The second-order valence-electron chi connectivity index (χ2n) is 9.53. The maximum absolute atomic E-state index is 12.0. The number of fused-ring (bicyclic) bond motifs is 2. The molecule has 4 rings (SSSR count). The van der Waals surface area contributed by atoms with E-state index in [0.29, 0.717) is 18.6 Å². The topological polar surface area (TPSA) is 81.9 Å². The number of aliphatic imine (C=N–C) groups is 1. The molecular weight excluding hydrogens is 390 g/mol. The van der Waals surface area contributed by atoms with Gasteiger partial charge in [0.05, 0.1) is 12.8 Å². The van der Waals surface area contributed by atoms with E-state index >= 15 is 0 Å². The highest BCUT2D eigenvalue weighted by Gasteiger charge is 2.40. The standard InChI is InChI=1S/C24H39N5O2/c1-2-10-25-23(30)17-29-12-8-20(9-13-29)27-24(26-11-7-21-4-3-14-31-21)28-22-16-18-5-6-19(22)15-18/h3-4,14,18-20,22H,2,5-13,15-17H2,1H3,(H,25,30)(H2,26,27,28). The van der Waals surface area contributed by atoms with Gasteiger partial charge in [0.2, 0.25) is 5.91 Å². The van der Waals surface area contributed by atoms with Crippen molar-refractivity contribution in [3.63, 3.8) is 0 Å². The molecule has 1 aromatic rings. The number of furan rings is 1. The highest BCUT2D eigenvalue weighted by atomic mass is 16.3. The molecule has 3 aliphatic rings. The maximum atomic E-state index is 12.0. The lowest BCUT2D eigenvalue weighted by atomic mass is 9.95. The lowest BCUT2D eigenvalue weighted by Crippen LogP contribution is -2.52. The Bertz CT molecular complexity index is 712. The number of carbonyl (C=O) groups excluding carboxylic acids is 1. The molecule has 172 valence electrons. The second-order valence-corrected chi connectivity index (χ2v) is 9.53. The number of rotatable bonds is 9. The van der Waals surface area contributed by atoms with E-state index in [1.54, 1.807) is 6.26 Å². The Labute approximate surface area is 186 Å². The normalized spacial score (nSPS) is 26.9. The monoisotopic (exact) mass is 429 g/mol. The quantitative estimate of drug-likeness (QED) is 0.415. The molecule has 0 aromatic carbocycles. The Morgan fingerprint density at radius 3 is 2.74 bits per heavy atom. The fourth-order valence-electron chi connectivity index (χ4n) is 5.41. The summed E-state index contributed by atoms with van der Waals surface area (Å²) in [6.07, 6.45) is 11.0. The molecule has 7 heteroatoms. The Hall–Kier alpha value is -2.02. The molecule has 1 saturated heterocycles. The number of carbonyl (C=O) groups is 1. The Kier molecular flexibility index (Phi) is 7.89. The van der Waals surface area contributed by atoms with Crippen molar-refractivity contribution in [3.8, 4) is 0 Å². The van der Waals surface area contributed by atoms with Crippen molar-refractivity contribution in [1.82, 2.24) is 20.9 Å². The fraction of sp³-hybridized carbons (Fsp3) is 0.750. The molecule has 3 unspecified atom stereocenters. The first kappa shape index (κ1) is 22.2. The van der Waals surface area contributed by atoms with Crippen molar-refractivity contribution in [2.24, 2.45) is 16.8 Å². The van der Waals surface area contributed by atoms with Gasteiger partial charge in [-0.1, -0.05) is 13.3 Å². The second kappa shape index (κ2) is 11.0. The van der Waals surface area contributed by atoms with Crippen LogP contribution in [0, 0.1) is 11.8 Å². The Balaban J connectivity index is 1.27. The molecule has 2 heterocycles. The van der Waals surface area contributed by atoms with Gasteiger partial charge in [0.1, 0.15) is 5.76 Å².